The maximum atomic E-state index is 13.2. The molecule has 21 heavy (non-hydrogen) atoms. The molecule has 2 heterocycles. The number of halogens is 4. The Hall–Kier alpha value is -0.890. The second kappa shape index (κ2) is 5.72. The molecule has 0 fully saturated rings. The van der Waals surface area contributed by atoms with Crippen molar-refractivity contribution < 1.29 is 8.91 Å². The summed E-state index contributed by atoms with van der Waals surface area (Å²) in [4.78, 5) is 0.851. The van der Waals surface area contributed by atoms with Gasteiger partial charge in [0, 0.05) is 10.0 Å². The van der Waals surface area contributed by atoms with Crippen LogP contribution in [-0.2, 0) is 0 Å². The third-order valence-electron chi connectivity index (χ3n) is 2.80. The van der Waals surface area contributed by atoms with Crippen LogP contribution in [-0.4, -0.2) is 5.16 Å². The van der Waals surface area contributed by atoms with Crippen LogP contribution in [0.2, 0.25) is 5.02 Å². The van der Waals surface area contributed by atoms with Gasteiger partial charge in [0.1, 0.15) is 11.5 Å². The molecule has 0 radical (unpaired) electrons. The van der Waals surface area contributed by atoms with Crippen LogP contribution in [0.5, 0.6) is 0 Å². The molecule has 108 valence electrons. The van der Waals surface area contributed by atoms with Crippen molar-refractivity contribution in [1.29, 1.82) is 0 Å². The van der Waals surface area contributed by atoms with Gasteiger partial charge in [0.15, 0.2) is 0 Å². The van der Waals surface area contributed by atoms with E-state index in [4.69, 9.17) is 21.9 Å². The molecular weight excluding hydrogens is 446 g/mol. The number of rotatable bonds is 2. The lowest BCUT2D eigenvalue weighted by Gasteiger charge is -2.04. The van der Waals surface area contributed by atoms with Crippen LogP contribution in [0.1, 0.15) is 0 Å². The standard InChI is InChI=1S/C13H6Br2ClFN2OS/c14-7-4-9(21-12(7)15)11-10(13(18)20-19-11)6-2-1-5(17)3-8(6)16/h1-4H,18H2. The first-order valence-electron chi connectivity index (χ1n) is 5.63. The van der Waals surface area contributed by atoms with E-state index >= 15 is 0 Å². The molecule has 0 saturated carbocycles. The number of hydrogen-bond donors (Lipinski definition) is 1. The molecule has 0 unspecified atom stereocenters. The molecule has 1 aromatic carbocycles. The predicted molar refractivity (Wildman–Crippen MR) is 90.0 cm³/mol. The Kier molecular flexibility index (Phi) is 4.09. The Labute approximate surface area is 145 Å². The van der Waals surface area contributed by atoms with Gasteiger partial charge in [-0.2, -0.15) is 0 Å². The summed E-state index contributed by atoms with van der Waals surface area (Å²) in [6, 6.07) is 6.00. The van der Waals surface area contributed by atoms with Gasteiger partial charge >= 0.3 is 0 Å². The fraction of sp³-hybridized carbons (Fsp3) is 0. The van der Waals surface area contributed by atoms with Gasteiger partial charge in [0.2, 0.25) is 5.88 Å². The Balaban J connectivity index is 2.21. The van der Waals surface area contributed by atoms with Gasteiger partial charge in [-0.05, 0) is 56.1 Å². The Morgan fingerprint density at radius 1 is 1.29 bits per heavy atom. The van der Waals surface area contributed by atoms with E-state index in [1.54, 1.807) is 6.07 Å². The van der Waals surface area contributed by atoms with Crippen molar-refractivity contribution in [2.75, 3.05) is 5.73 Å². The molecule has 3 rings (SSSR count). The monoisotopic (exact) mass is 450 g/mol. The largest absolute Gasteiger partial charge is 0.367 e. The van der Waals surface area contributed by atoms with Gasteiger partial charge in [0.25, 0.3) is 0 Å². The number of aromatic nitrogens is 1. The topological polar surface area (TPSA) is 52.0 Å². The molecule has 0 aliphatic heterocycles. The van der Waals surface area contributed by atoms with Crippen molar-refractivity contribution in [2.45, 2.75) is 0 Å². The van der Waals surface area contributed by atoms with Crippen molar-refractivity contribution in [3.8, 4) is 21.7 Å². The first-order valence-corrected chi connectivity index (χ1v) is 8.41. The summed E-state index contributed by atoms with van der Waals surface area (Å²) < 4.78 is 20.1. The minimum Gasteiger partial charge on any atom is -0.367 e. The number of thiophene rings is 1. The molecule has 3 aromatic rings. The number of nitrogens with zero attached hydrogens (tertiary/aromatic N) is 1. The average Bonchev–Trinajstić information content (AvgIpc) is 2.94. The van der Waals surface area contributed by atoms with Gasteiger partial charge in [-0.3, -0.25) is 0 Å². The highest BCUT2D eigenvalue weighted by Crippen LogP contribution is 2.44. The summed E-state index contributed by atoms with van der Waals surface area (Å²) in [5.41, 5.74) is 7.56. The number of hydrogen-bond acceptors (Lipinski definition) is 4. The Morgan fingerprint density at radius 2 is 2.05 bits per heavy atom. The second-order valence-corrected chi connectivity index (χ2v) is 7.76. The van der Waals surface area contributed by atoms with E-state index in [2.05, 4.69) is 37.0 Å². The fourth-order valence-corrected chi connectivity index (χ4v) is 4.17. The van der Waals surface area contributed by atoms with Crippen LogP contribution in [0, 0.1) is 5.82 Å². The van der Waals surface area contributed by atoms with Crippen LogP contribution in [0.4, 0.5) is 10.3 Å². The zero-order valence-electron chi connectivity index (χ0n) is 10.2. The molecule has 0 aliphatic carbocycles. The molecule has 3 nitrogen and oxygen atoms in total. The Bertz CT molecular complexity index is 814. The lowest BCUT2D eigenvalue weighted by Crippen LogP contribution is -1.88. The summed E-state index contributed by atoms with van der Waals surface area (Å²) in [5, 5.41) is 4.25. The first-order chi connectivity index (χ1) is 9.97. The number of nitrogen functional groups attached to an aromatic ring is 1. The van der Waals surface area contributed by atoms with Gasteiger partial charge in [-0.15, -0.1) is 11.3 Å². The molecule has 0 amide bonds. The Morgan fingerprint density at radius 3 is 2.67 bits per heavy atom. The second-order valence-electron chi connectivity index (χ2n) is 4.13. The summed E-state index contributed by atoms with van der Waals surface area (Å²) in [6.45, 7) is 0. The van der Waals surface area contributed by atoms with Crippen molar-refractivity contribution in [3.63, 3.8) is 0 Å². The highest BCUT2D eigenvalue weighted by molar-refractivity contribution is 9.13. The van der Waals surface area contributed by atoms with Crippen LogP contribution in [0.3, 0.4) is 0 Å². The van der Waals surface area contributed by atoms with Crippen LogP contribution >= 0.6 is 54.8 Å². The molecule has 0 bridgehead atoms. The van der Waals surface area contributed by atoms with Crippen molar-refractivity contribution >= 4 is 60.7 Å². The highest BCUT2D eigenvalue weighted by atomic mass is 79.9. The SMILES string of the molecule is Nc1onc(-c2cc(Br)c(Br)s2)c1-c1ccc(F)cc1Cl. The maximum Gasteiger partial charge on any atom is 0.230 e. The van der Waals surface area contributed by atoms with Gasteiger partial charge in [0.05, 0.1) is 19.2 Å². The normalized spacial score (nSPS) is 11.0. The van der Waals surface area contributed by atoms with E-state index in [0.717, 1.165) is 13.1 Å². The summed E-state index contributed by atoms with van der Waals surface area (Å²) in [5.74, 6) is -0.277. The predicted octanol–water partition coefficient (Wildman–Crippen LogP) is 5.97. The first kappa shape index (κ1) is 15.0. The number of nitrogens with two attached hydrogens (primary N) is 1. The zero-order valence-corrected chi connectivity index (χ0v) is 14.9. The van der Waals surface area contributed by atoms with Crippen molar-refractivity contribution in [1.82, 2.24) is 5.16 Å². The molecule has 0 aliphatic rings. The molecular formula is C13H6Br2ClFN2OS. The molecule has 8 heteroatoms. The average molecular weight is 453 g/mol. The van der Waals surface area contributed by atoms with Gasteiger partial charge in [-0.25, -0.2) is 4.39 Å². The molecule has 0 atom stereocenters. The van der Waals surface area contributed by atoms with Crippen molar-refractivity contribution in [2.24, 2.45) is 0 Å². The number of anilines is 1. The third kappa shape index (κ3) is 2.75. The summed E-state index contributed by atoms with van der Waals surface area (Å²) >= 11 is 14.4. The van der Waals surface area contributed by atoms with E-state index in [1.165, 1.54) is 23.5 Å². The minimum absolute atomic E-state index is 0.138. The minimum atomic E-state index is -0.415. The third-order valence-corrected chi connectivity index (χ3v) is 6.37. The fourth-order valence-electron chi connectivity index (χ4n) is 1.89. The lowest BCUT2D eigenvalue weighted by atomic mass is 10.0. The van der Waals surface area contributed by atoms with Crippen LogP contribution in [0.15, 0.2) is 37.0 Å². The summed E-state index contributed by atoms with van der Waals surface area (Å²) in [6.07, 6.45) is 0. The van der Waals surface area contributed by atoms with E-state index in [-0.39, 0.29) is 10.9 Å². The smallest absolute Gasteiger partial charge is 0.230 e. The van der Waals surface area contributed by atoms with E-state index in [9.17, 15) is 4.39 Å². The quantitative estimate of drug-likeness (QED) is 0.521. The van der Waals surface area contributed by atoms with E-state index < -0.39 is 5.82 Å². The molecule has 0 saturated heterocycles. The lowest BCUT2D eigenvalue weighted by molar-refractivity contribution is 0.439. The summed E-state index contributed by atoms with van der Waals surface area (Å²) in [7, 11) is 0. The van der Waals surface area contributed by atoms with Crippen molar-refractivity contribution in [3.05, 3.63) is 43.4 Å². The zero-order chi connectivity index (χ0) is 15.1. The van der Waals surface area contributed by atoms with Gasteiger partial charge in [-0.1, -0.05) is 16.8 Å². The molecule has 2 aromatic heterocycles. The van der Waals surface area contributed by atoms with Crippen LogP contribution < -0.4 is 5.73 Å². The molecule has 0 spiro atoms. The van der Waals surface area contributed by atoms with Crippen LogP contribution in [0.25, 0.3) is 21.7 Å². The molecule has 2 N–H and O–H groups in total. The van der Waals surface area contributed by atoms with E-state index in [1.807, 2.05) is 6.07 Å². The number of benzene rings is 1. The van der Waals surface area contributed by atoms with Gasteiger partial charge < -0.3 is 10.3 Å². The van der Waals surface area contributed by atoms with E-state index in [0.29, 0.717) is 16.8 Å². The maximum absolute atomic E-state index is 13.2. The highest BCUT2D eigenvalue weighted by Gasteiger charge is 2.22.